The second-order valence-corrected chi connectivity index (χ2v) is 6.55. The summed E-state index contributed by atoms with van der Waals surface area (Å²) in [7, 11) is 0. The summed E-state index contributed by atoms with van der Waals surface area (Å²) in [6.45, 7) is 8.69. The first kappa shape index (κ1) is 15.7. The highest BCUT2D eigenvalue weighted by molar-refractivity contribution is 7.12. The van der Waals surface area contributed by atoms with Gasteiger partial charge in [0, 0.05) is 0 Å². The van der Waals surface area contributed by atoms with Crippen molar-refractivity contribution in [2.24, 2.45) is 5.41 Å². The highest BCUT2D eigenvalue weighted by Gasteiger charge is 2.44. The second kappa shape index (κ2) is 5.33. The molecule has 0 fully saturated rings. The summed E-state index contributed by atoms with van der Waals surface area (Å²) in [6.07, 6.45) is 0.787. The summed E-state index contributed by atoms with van der Waals surface area (Å²) in [5.74, 6) is -1.13. The third kappa shape index (κ3) is 2.97. The van der Waals surface area contributed by atoms with Crippen LogP contribution in [-0.4, -0.2) is 22.5 Å². The van der Waals surface area contributed by atoms with Crippen LogP contribution in [0.2, 0.25) is 0 Å². The minimum atomic E-state index is -1.05. The minimum Gasteiger partial charge on any atom is -0.481 e. The monoisotopic (exact) mass is 283 g/mol. The molecule has 0 bridgehead atoms. The zero-order valence-corrected chi connectivity index (χ0v) is 12.9. The lowest BCUT2D eigenvalue weighted by Gasteiger charge is -2.38. The van der Waals surface area contributed by atoms with Gasteiger partial charge in [-0.3, -0.25) is 9.59 Å². The van der Waals surface area contributed by atoms with Crippen molar-refractivity contribution in [3.8, 4) is 0 Å². The normalized spacial score (nSPS) is 12.3. The fourth-order valence-corrected chi connectivity index (χ4v) is 2.47. The van der Waals surface area contributed by atoms with E-state index in [0.29, 0.717) is 4.88 Å². The van der Waals surface area contributed by atoms with Crippen LogP contribution in [0.15, 0.2) is 11.4 Å². The molecule has 0 spiro atoms. The quantitative estimate of drug-likeness (QED) is 0.873. The Balaban J connectivity index is 2.96. The maximum absolute atomic E-state index is 12.3. The van der Waals surface area contributed by atoms with Gasteiger partial charge in [0.15, 0.2) is 0 Å². The van der Waals surface area contributed by atoms with Crippen LogP contribution >= 0.6 is 11.3 Å². The Kier molecular flexibility index (Phi) is 4.40. The number of carboxylic acid groups (broad SMARTS) is 1. The van der Waals surface area contributed by atoms with Crippen LogP contribution in [0.5, 0.6) is 0 Å². The van der Waals surface area contributed by atoms with Crippen molar-refractivity contribution in [3.63, 3.8) is 0 Å². The summed E-state index contributed by atoms with van der Waals surface area (Å²) in [5, 5.41) is 14.0. The van der Waals surface area contributed by atoms with E-state index in [1.165, 1.54) is 11.3 Å². The highest BCUT2D eigenvalue weighted by atomic mass is 32.1. The molecule has 4 nitrogen and oxygen atoms in total. The number of aryl methyl sites for hydroxylation is 1. The van der Waals surface area contributed by atoms with Crippen LogP contribution < -0.4 is 5.32 Å². The van der Waals surface area contributed by atoms with Crippen LogP contribution in [0.3, 0.4) is 0 Å². The first-order valence-electron chi connectivity index (χ1n) is 6.25. The number of hydrogen-bond acceptors (Lipinski definition) is 3. The Bertz CT molecular complexity index is 489. The Morgan fingerprint density at radius 1 is 1.32 bits per heavy atom. The van der Waals surface area contributed by atoms with Crippen LogP contribution in [0.25, 0.3) is 0 Å². The fourth-order valence-electron chi connectivity index (χ4n) is 1.58. The van der Waals surface area contributed by atoms with Crippen molar-refractivity contribution in [3.05, 3.63) is 21.9 Å². The molecule has 0 radical (unpaired) electrons. The lowest BCUT2D eigenvalue weighted by molar-refractivity contribution is -0.150. The molecule has 19 heavy (non-hydrogen) atoms. The van der Waals surface area contributed by atoms with E-state index in [1.54, 1.807) is 27.7 Å². The van der Waals surface area contributed by atoms with E-state index in [1.807, 2.05) is 18.4 Å². The number of hydrogen-bond donors (Lipinski definition) is 2. The molecule has 2 N–H and O–H groups in total. The predicted molar refractivity (Wildman–Crippen MR) is 76.7 cm³/mol. The molecule has 1 aromatic heterocycles. The first-order chi connectivity index (χ1) is 8.63. The summed E-state index contributed by atoms with van der Waals surface area (Å²) in [5.41, 5.74) is -0.900. The second-order valence-electron chi connectivity index (χ2n) is 5.64. The predicted octanol–water partition coefficient (Wildman–Crippen LogP) is 2.93. The number of aliphatic carboxylic acids is 1. The van der Waals surface area contributed by atoms with E-state index in [2.05, 4.69) is 5.32 Å². The number of carbonyl (C=O) groups is 2. The van der Waals surface area contributed by atoms with Crippen molar-refractivity contribution in [1.29, 1.82) is 0 Å². The molecule has 0 aliphatic rings. The minimum absolute atomic E-state index is 0.203. The van der Waals surface area contributed by atoms with Gasteiger partial charge in [-0.05, 0) is 51.1 Å². The Hall–Kier alpha value is -1.36. The van der Waals surface area contributed by atoms with Gasteiger partial charge in [-0.25, -0.2) is 0 Å². The van der Waals surface area contributed by atoms with Crippen LogP contribution in [0, 0.1) is 5.41 Å². The lowest BCUT2D eigenvalue weighted by atomic mass is 9.74. The molecule has 0 atom stereocenters. The third-order valence-corrected chi connectivity index (χ3v) is 4.81. The fraction of sp³-hybridized carbons (Fsp3) is 0.571. The van der Waals surface area contributed by atoms with E-state index in [4.69, 9.17) is 0 Å². The standard InChI is InChI=1S/C14H21NO3S/c1-6-9-7-8-19-10(9)11(16)15-14(4,5)13(2,3)12(17)18/h7-8H,6H2,1-5H3,(H,15,16)(H,17,18). The van der Waals surface area contributed by atoms with E-state index in [9.17, 15) is 14.7 Å². The summed E-state index contributed by atoms with van der Waals surface area (Å²) < 4.78 is 0. The Morgan fingerprint density at radius 3 is 2.37 bits per heavy atom. The third-order valence-electron chi connectivity index (χ3n) is 3.86. The van der Waals surface area contributed by atoms with Crippen molar-refractivity contribution in [1.82, 2.24) is 5.32 Å². The Morgan fingerprint density at radius 2 is 1.89 bits per heavy atom. The topological polar surface area (TPSA) is 66.4 Å². The number of carbonyl (C=O) groups excluding carboxylic acids is 1. The van der Waals surface area contributed by atoms with Crippen molar-refractivity contribution < 1.29 is 14.7 Å². The molecule has 106 valence electrons. The number of rotatable bonds is 5. The van der Waals surface area contributed by atoms with Crippen molar-refractivity contribution >= 4 is 23.2 Å². The van der Waals surface area contributed by atoms with Gasteiger partial charge in [0.1, 0.15) is 0 Å². The average molecular weight is 283 g/mol. The van der Waals surface area contributed by atoms with Gasteiger partial charge in [-0.15, -0.1) is 11.3 Å². The molecule has 0 saturated carbocycles. The maximum Gasteiger partial charge on any atom is 0.311 e. The number of nitrogens with one attached hydrogen (secondary N) is 1. The summed E-state index contributed by atoms with van der Waals surface area (Å²) >= 11 is 1.38. The molecular formula is C14H21NO3S. The first-order valence-corrected chi connectivity index (χ1v) is 7.13. The molecule has 0 unspecified atom stereocenters. The van der Waals surface area contributed by atoms with Gasteiger partial charge in [-0.1, -0.05) is 6.92 Å². The van der Waals surface area contributed by atoms with E-state index in [0.717, 1.165) is 12.0 Å². The van der Waals surface area contributed by atoms with Crippen LogP contribution in [-0.2, 0) is 11.2 Å². The van der Waals surface area contributed by atoms with Crippen LogP contribution in [0.4, 0.5) is 0 Å². The van der Waals surface area contributed by atoms with E-state index >= 15 is 0 Å². The van der Waals surface area contributed by atoms with Gasteiger partial charge in [0.05, 0.1) is 15.8 Å². The molecule has 0 aromatic carbocycles. The molecule has 1 amide bonds. The van der Waals surface area contributed by atoms with Crippen molar-refractivity contribution in [2.75, 3.05) is 0 Å². The molecule has 5 heteroatoms. The summed E-state index contributed by atoms with van der Waals surface area (Å²) in [4.78, 5) is 24.3. The van der Waals surface area contributed by atoms with Gasteiger partial charge >= 0.3 is 5.97 Å². The smallest absolute Gasteiger partial charge is 0.311 e. The largest absolute Gasteiger partial charge is 0.481 e. The van der Waals surface area contributed by atoms with Gasteiger partial charge in [0.25, 0.3) is 5.91 Å². The zero-order valence-electron chi connectivity index (χ0n) is 12.0. The molecule has 1 heterocycles. The van der Waals surface area contributed by atoms with Gasteiger partial charge < -0.3 is 10.4 Å². The summed E-state index contributed by atoms with van der Waals surface area (Å²) in [6, 6.07) is 1.93. The number of carboxylic acids is 1. The average Bonchev–Trinajstić information content (AvgIpc) is 2.75. The SMILES string of the molecule is CCc1ccsc1C(=O)NC(C)(C)C(C)(C)C(=O)O. The zero-order chi connectivity index (χ0) is 14.8. The van der Waals surface area contributed by atoms with Crippen LogP contribution in [0.1, 0.15) is 49.9 Å². The molecule has 0 saturated heterocycles. The van der Waals surface area contributed by atoms with Gasteiger partial charge in [0.2, 0.25) is 0 Å². The van der Waals surface area contributed by atoms with Crippen molar-refractivity contribution in [2.45, 2.75) is 46.6 Å². The lowest BCUT2D eigenvalue weighted by Crippen LogP contribution is -2.56. The maximum atomic E-state index is 12.3. The molecular weight excluding hydrogens is 262 g/mol. The molecule has 0 aliphatic carbocycles. The molecule has 1 aromatic rings. The van der Waals surface area contributed by atoms with Gasteiger partial charge in [-0.2, -0.15) is 0 Å². The highest BCUT2D eigenvalue weighted by Crippen LogP contribution is 2.31. The number of amides is 1. The van der Waals surface area contributed by atoms with E-state index < -0.39 is 16.9 Å². The van der Waals surface area contributed by atoms with E-state index in [-0.39, 0.29) is 5.91 Å². The Labute approximate surface area is 117 Å². The molecule has 1 rings (SSSR count). The molecule has 0 aliphatic heterocycles. The number of thiophene rings is 1.